The molecule has 0 saturated heterocycles. The second-order valence-electron chi connectivity index (χ2n) is 5.69. The van der Waals surface area contributed by atoms with Gasteiger partial charge in [0.25, 0.3) is 0 Å². The maximum absolute atomic E-state index is 12.1. The Kier molecular flexibility index (Phi) is 5.71. The Balaban J connectivity index is 1.55. The molecule has 6 heteroatoms. The first-order valence-electron chi connectivity index (χ1n) is 8.10. The SMILES string of the molecule is O=C(CCC(=O)c1ccc(Br)cc1)Nc1ccc2c(c1)OCCCO2. The van der Waals surface area contributed by atoms with Crippen LogP contribution in [0.25, 0.3) is 0 Å². The van der Waals surface area contributed by atoms with Gasteiger partial charge in [-0.2, -0.15) is 0 Å². The predicted octanol–water partition coefficient (Wildman–Crippen LogP) is 4.21. The Morgan fingerprint density at radius 3 is 2.44 bits per heavy atom. The number of carbonyl (C=O) groups excluding carboxylic acids is 2. The van der Waals surface area contributed by atoms with Crippen LogP contribution in [0.3, 0.4) is 0 Å². The van der Waals surface area contributed by atoms with Gasteiger partial charge in [0, 0.05) is 41.1 Å². The number of amides is 1. The van der Waals surface area contributed by atoms with Crippen LogP contribution in [0, 0.1) is 0 Å². The second-order valence-corrected chi connectivity index (χ2v) is 6.61. The highest BCUT2D eigenvalue weighted by Gasteiger charge is 2.13. The average Bonchev–Trinajstić information content (AvgIpc) is 2.85. The molecule has 0 radical (unpaired) electrons. The van der Waals surface area contributed by atoms with Crippen LogP contribution in [0.5, 0.6) is 11.5 Å². The van der Waals surface area contributed by atoms with Crippen molar-refractivity contribution in [2.45, 2.75) is 19.3 Å². The van der Waals surface area contributed by atoms with Crippen LogP contribution >= 0.6 is 15.9 Å². The number of benzene rings is 2. The van der Waals surface area contributed by atoms with Crippen molar-refractivity contribution >= 4 is 33.3 Å². The van der Waals surface area contributed by atoms with Gasteiger partial charge in [-0.25, -0.2) is 0 Å². The molecule has 0 aromatic heterocycles. The minimum Gasteiger partial charge on any atom is -0.490 e. The largest absolute Gasteiger partial charge is 0.490 e. The van der Waals surface area contributed by atoms with Gasteiger partial charge >= 0.3 is 0 Å². The van der Waals surface area contributed by atoms with E-state index in [1.165, 1.54) is 0 Å². The van der Waals surface area contributed by atoms with Crippen molar-refractivity contribution in [1.29, 1.82) is 0 Å². The molecule has 0 bridgehead atoms. The first-order chi connectivity index (χ1) is 12.1. The van der Waals surface area contributed by atoms with Crippen molar-refractivity contribution in [2.24, 2.45) is 0 Å². The lowest BCUT2D eigenvalue weighted by molar-refractivity contribution is -0.116. The Hall–Kier alpha value is -2.34. The summed E-state index contributed by atoms with van der Waals surface area (Å²) in [4.78, 5) is 24.2. The molecule has 1 N–H and O–H groups in total. The number of fused-ring (bicyclic) bond motifs is 1. The van der Waals surface area contributed by atoms with Crippen molar-refractivity contribution in [3.8, 4) is 11.5 Å². The number of halogens is 1. The third-order valence-electron chi connectivity index (χ3n) is 3.78. The van der Waals surface area contributed by atoms with Crippen LogP contribution in [0.2, 0.25) is 0 Å². The molecule has 1 amide bonds. The molecular formula is C19H18BrNO4. The van der Waals surface area contributed by atoms with E-state index in [-0.39, 0.29) is 24.5 Å². The van der Waals surface area contributed by atoms with Crippen LogP contribution in [-0.4, -0.2) is 24.9 Å². The summed E-state index contributed by atoms with van der Waals surface area (Å²) in [6.45, 7) is 1.21. The normalized spacial score (nSPS) is 13.0. The summed E-state index contributed by atoms with van der Waals surface area (Å²) in [6, 6.07) is 12.4. The minimum atomic E-state index is -0.208. The molecule has 1 heterocycles. The Bertz CT molecular complexity index is 773. The van der Waals surface area contributed by atoms with Gasteiger partial charge in [0.05, 0.1) is 13.2 Å². The lowest BCUT2D eigenvalue weighted by atomic mass is 10.1. The molecule has 0 saturated carbocycles. The van der Waals surface area contributed by atoms with Crippen LogP contribution in [0.1, 0.15) is 29.6 Å². The topological polar surface area (TPSA) is 64.6 Å². The van der Waals surface area contributed by atoms with Crippen molar-refractivity contribution in [1.82, 2.24) is 0 Å². The van der Waals surface area contributed by atoms with Crippen LogP contribution in [0.15, 0.2) is 46.9 Å². The monoisotopic (exact) mass is 403 g/mol. The molecule has 130 valence electrons. The summed E-state index contributed by atoms with van der Waals surface area (Å²) >= 11 is 3.33. The fourth-order valence-electron chi connectivity index (χ4n) is 2.47. The molecule has 25 heavy (non-hydrogen) atoms. The number of rotatable bonds is 5. The zero-order chi connectivity index (χ0) is 17.6. The molecule has 0 atom stereocenters. The van der Waals surface area contributed by atoms with Crippen LogP contribution in [0.4, 0.5) is 5.69 Å². The third kappa shape index (κ3) is 4.82. The summed E-state index contributed by atoms with van der Waals surface area (Å²) < 4.78 is 12.1. The van der Waals surface area contributed by atoms with Crippen molar-refractivity contribution in [2.75, 3.05) is 18.5 Å². The lowest BCUT2D eigenvalue weighted by Crippen LogP contribution is -2.13. The molecule has 0 unspecified atom stereocenters. The number of ether oxygens (including phenoxy) is 2. The van der Waals surface area contributed by atoms with E-state index in [1.807, 2.05) is 12.1 Å². The maximum Gasteiger partial charge on any atom is 0.224 e. The number of anilines is 1. The molecule has 0 fully saturated rings. The molecule has 2 aromatic rings. The number of hydrogen-bond acceptors (Lipinski definition) is 4. The van der Waals surface area contributed by atoms with Crippen molar-refractivity contribution < 1.29 is 19.1 Å². The molecule has 0 spiro atoms. The van der Waals surface area contributed by atoms with E-state index in [0.29, 0.717) is 36.0 Å². The van der Waals surface area contributed by atoms with Gasteiger partial charge < -0.3 is 14.8 Å². The van der Waals surface area contributed by atoms with E-state index in [2.05, 4.69) is 21.2 Å². The number of Topliss-reactive ketones (excluding diaryl/α,β-unsaturated/α-hetero) is 1. The minimum absolute atomic E-state index is 0.0543. The van der Waals surface area contributed by atoms with Gasteiger partial charge in [0.2, 0.25) is 5.91 Å². The smallest absolute Gasteiger partial charge is 0.224 e. The molecular weight excluding hydrogens is 386 g/mol. The van der Waals surface area contributed by atoms with Crippen molar-refractivity contribution in [3.05, 3.63) is 52.5 Å². The fraction of sp³-hybridized carbons (Fsp3) is 0.263. The van der Waals surface area contributed by atoms with E-state index in [4.69, 9.17) is 9.47 Å². The van der Waals surface area contributed by atoms with Gasteiger partial charge in [-0.3, -0.25) is 9.59 Å². The molecule has 0 aliphatic carbocycles. The second kappa shape index (κ2) is 8.16. The van der Waals surface area contributed by atoms with Gasteiger partial charge in [-0.1, -0.05) is 28.1 Å². The molecule has 3 rings (SSSR count). The quantitative estimate of drug-likeness (QED) is 0.759. The molecule has 1 aliphatic heterocycles. The number of carbonyl (C=O) groups is 2. The van der Waals surface area contributed by atoms with Gasteiger partial charge in [0.1, 0.15) is 0 Å². The van der Waals surface area contributed by atoms with E-state index < -0.39 is 0 Å². The zero-order valence-electron chi connectivity index (χ0n) is 13.6. The van der Waals surface area contributed by atoms with Gasteiger partial charge in [-0.15, -0.1) is 0 Å². The highest BCUT2D eigenvalue weighted by atomic mass is 79.9. The van der Waals surface area contributed by atoms with Crippen molar-refractivity contribution in [3.63, 3.8) is 0 Å². The predicted molar refractivity (Wildman–Crippen MR) is 98.4 cm³/mol. The summed E-state index contributed by atoms with van der Waals surface area (Å²) in [5.41, 5.74) is 1.23. The van der Waals surface area contributed by atoms with E-state index >= 15 is 0 Å². The maximum atomic E-state index is 12.1. The Morgan fingerprint density at radius 1 is 0.960 bits per heavy atom. The molecule has 5 nitrogen and oxygen atoms in total. The standard InChI is InChI=1S/C19H18BrNO4/c20-14-4-2-13(3-5-14)16(22)7-9-19(23)21-15-6-8-17-18(12-15)25-11-1-10-24-17/h2-6,8,12H,1,7,9-11H2,(H,21,23). The first kappa shape index (κ1) is 17.5. The molecule has 2 aromatic carbocycles. The third-order valence-corrected chi connectivity index (χ3v) is 4.31. The van der Waals surface area contributed by atoms with E-state index in [0.717, 1.165) is 10.9 Å². The number of nitrogens with one attached hydrogen (secondary N) is 1. The van der Waals surface area contributed by atoms with E-state index in [9.17, 15) is 9.59 Å². The summed E-state index contributed by atoms with van der Waals surface area (Å²) in [7, 11) is 0. The van der Waals surface area contributed by atoms with Gasteiger partial charge in [0.15, 0.2) is 17.3 Å². The highest BCUT2D eigenvalue weighted by Crippen LogP contribution is 2.32. The average molecular weight is 404 g/mol. The van der Waals surface area contributed by atoms with Gasteiger partial charge in [-0.05, 0) is 24.3 Å². The van der Waals surface area contributed by atoms with Crippen LogP contribution in [-0.2, 0) is 4.79 Å². The Labute approximate surface area is 154 Å². The van der Waals surface area contributed by atoms with Crippen LogP contribution < -0.4 is 14.8 Å². The zero-order valence-corrected chi connectivity index (χ0v) is 15.2. The summed E-state index contributed by atoms with van der Waals surface area (Å²) in [5, 5.41) is 2.79. The lowest BCUT2D eigenvalue weighted by Gasteiger charge is -2.10. The highest BCUT2D eigenvalue weighted by molar-refractivity contribution is 9.10. The van der Waals surface area contributed by atoms with E-state index in [1.54, 1.807) is 30.3 Å². The number of ketones is 1. The Morgan fingerprint density at radius 2 is 1.68 bits per heavy atom. The summed E-state index contributed by atoms with van der Waals surface area (Å²) in [5.74, 6) is 1.04. The molecule has 1 aliphatic rings. The fourth-order valence-corrected chi connectivity index (χ4v) is 2.74. The first-order valence-corrected chi connectivity index (χ1v) is 8.89. The summed E-state index contributed by atoms with van der Waals surface area (Å²) in [6.07, 6.45) is 1.12. The number of hydrogen-bond donors (Lipinski definition) is 1.